The summed E-state index contributed by atoms with van der Waals surface area (Å²) in [6.07, 6.45) is 13.1. The Morgan fingerprint density at radius 3 is 2.97 bits per heavy atom. The Balaban J connectivity index is 1.40. The Bertz CT molecular complexity index is 1040. The Morgan fingerprint density at radius 1 is 1.25 bits per heavy atom. The normalized spacial score (nSPS) is 19.6. The monoisotopic (exact) mass is 435 g/mol. The molecule has 3 aliphatic rings. The number of hydrogen-bond donors (Lipinski definition) is 1. The highest BCUT2D eigenvalue weighted by Crippen LogP contribution is 2.31. The van der Waals surface area contributed by atoms with Gasteiger partial charge in [0.05, 0.1) is 13.7 Å². The summed E-state index contributed by atoms with van der Waals surface area (Å²) in [6.45, 7) is 3.84. The number of hydrogen-bond acceptors (Lipinski definition) is 5. The van der Waals surface area contributed by atoms with Gasteiger partial charge in [0.1, 0.15) is 18.2 Å². The van der Waals surface area contributed by atoms with Gasteiger partial charge in [0.15, 0.2) is 0 Å². The fraction of sp³-hybridized carbons (Fsp3) is 0.400. The van der Waals surface area contributed by atoms with Gasteiger partial charge >= 0.3 is 0 Å². The largest absolute Gasteiger partial charge is 0.500 e. The molecule has 2 aliphatic heterocycles. The second kappa shape index (κ2) is 9.96. The van der Waals surface area contributed by atoms with Crippen LogP contribution in [-0.2, 0) is 25.7 Å². The standard InChI is InChI=1S/C25H29N3O4/c1-17-5-7-22(31-2)21(12-17)19-4-3-10-28(11-9-19)24(30)8-6-18-13-20-15-32-16-23(29)27-25(20)26-14-18/h4,6,8,12-14H,3,5,7,9-11,15-16H2,1-2H3,(H,26,27,29)/b8-6+. The van der Waals surface area contributed by atoms with E-state index in [1.165, 1.54) is 16.7 Å². The average molecular weight is 436 g/mol. The van der Waals surface area contributed by atoms with E-state index >= 15 is 0 Å². The molecule has 168 valence electrons. The second-order valence-corrected chi connectivity index (χ2v) is 8.28. The zero-order chi connectivity index (χ0) is 22.5. The molecule has 0 spiro atoms. The number of aromatic nitrogens is 1. The summed E-state index contributed by atoms with van der Waals surface area (Å²) < 4.78 is 11.0. The molecule has 7 heteroatoms. The first kappa shape index (κ1) is 22.0. The minimum atomic E-state index is -0.212. The molecular weight excluding hydrogens is 406 g/mol. The van der Waals surface area contributed by atoms with Crippen molar-refractivity contribution in [1.29, 1.82) is 0 Å². The molecule has 2 amide bonds. The predicted octanol–water partition coefficient (Wildman–Crippen LogP) is 3.75. The number of nitrogens with zero attached hydrogens (tertiary/aromatic N) is 2. The van der Waals surface area contributed by atoms with Gasteiger partial charge in [0.2, 0.25) is 5.91 Å². The molecule has 32 heavy (non-hydrogen) atoms. The number of methoxy groups -OCH3 is 1. The van der Waals surface area contributed by atoms with Crippen LogP contribution < -0.4 is 5.32 Å². The quantitative estimate of drug-likeness (QED) is 0.729. The van der Waals surface area contributed by atoms with E-state index < -0.39 is 0 Å². The van der Waals surface area contributed by atoms with Gasteiger partial charge in [0.25, 0.3) is 5.91 Å². The fourth-order valence-electron chi connectivity index (χ4n) is 4.19. The third-order valence-electron chi connectivity index (χ3n) is 5.94. The molecule has 1 aliphatic carbocycles. The van der Waals surface area contributed by atoms with Crippen LogP contribution in [0.4, 0.5) is 5.82 Å². The minimum absolute atomic E-state index is 0.0170. The smallest absolute Gasteiger partial charge is 0.251 e. The summed E-state index contributed by atoms with van der Waals surface area (Å²) in [7, 11) is 1.74. The highest BCUT2D eigenvalue weighted by molar-refractivity contribution is 5.93. The van der Waals surface area contributed by atoms with Crippen LogP contribution in [0, 0.1) is 0 Å². The fourth-order valence-corrected chi connectivity index (χ4v) is 4.19. The van der Waals surface area contributed by atoms with Gasteiger partial charge in [-0.25, -0.2) is 4.98 Å². The molecular formula is C25H29N3O4. The molecule has 1 N–H and O–H groups in total. The topological polar surface area (TPSA) is 80.8 Å². The maximum absolute atomic E-state index is 12.8. The number of pyridine rings is 1. The van der Waals surface area contributed by atoms with Gasteiger partial charge in [-0.3, -0.25) is 9.59 Å². The summed E-state index contributed by atoms with van der Waals surface area (Å²) in [4.78, 5) is 30.6. The molecule has 0 fully saturated rings. The molecule has 1 aromatic heterocycles. The van der Waals surface area contributed by atoms with Crippen molar-refractivity contribution in [3.8, 4) is 0 Å². The number of carbonyl (C=O) groups is 2. The summed E-state index contributed by atoms with van der Waals surface area (Å²) in [6, 6.07) is 1.89. The summed E-state index contributed by atoms with van der Waals surface area (Å²) >= 11 is 0. The second-order valence-electron chi connectivity index (χ2n) is 8.28. The van der Waals surface area contributed by atoms with Crippen molar-refractivity contribution >= 4 is 23.7 Å². The van der Waals surface area contributed by atoms with E-state index in [0.717, 1.165) is 42.6 Å². The zero-order valence-electron chi connectivity index (χ0n) is 18.6. The molecule has 0 saturated carbocycles. The highest BCUT2D eigenvalue weighted by atomic mass is 16.5. The number of nitrogens with one attached hydrogen (secondary N) is 1. The van der Waals surface area contributed by atoms with E-state index in [1.807, 2.05) is 11.0 Å². The third-order valence-corrected chi connectivity index (χ3v) is 5.94. The number of amides is 2. The maximum Gasteiger partial charge on any atom is 0.251 e. The lowest BCUT2D eigenvalue weighted by atomic mass is 9.91. The molecule has 0 atom stereocenters. The van der Waals surface area contributed by atoms with Crippen LogP contribution in [0.2, 0.25) is 0 Å². The summed E-state index contributed by atoms with van der Waals surface area (Å²) in [5, 5.41) is 2.72. The van der Waals surface area contributed by atoms with Crippen molar-refractivity contribution in [2.24, 2.45) is 0 Å². The van der Waals surface area contributed by atoms with Crippen molar-refractivity contribution in [2.75, 3.05) is 32.1 Å². The highest BCUT2D eigenvalue weighted by Gasteiger charge is 2.20. The first-order valence-electron chi connectivity index (χ1n) is 11.0. The SMILES string of the molecule is COC1=C(C2=CCCN(C(=O)/C=C/c3cnc4c(c3)COCC(=O)N4)CC2)C=C(C)CC1. The number of carbonyl (C=O) groups excluding carboxylic acids is 2. The minimum Gasteiger partial charge on any atom is -0.500 e. The molecule has 4 rings (SSSR count). The third kappa shape index (κ3) is 5.16. The van der Waals surface area contributed by atoms with E-state index in [1.54, 1.807) is 25.5 Å². The predicted molar refractivity (Wildman–Crippen MR) is 122 cm³/mol. The van der Waals surface area contributed by atoms with Gasteiger partial charge < -0.3 is 19.7 Å². The van der Waals surface area contributed by atoms with Gasteiger partial charge in [-0.05, 0) is 49.5 Å². The first-order valence-corrected chi connectivity index (χ1v) is 11.0. The van der Waals surface area contributed by atoms with Crippen molar-refractivity contribution in [3.05, 3.63) is 64.1 Å². The van der Waals surface area contributed by atoms with E-state index in [4.69, 9.17) is 9.47 Å². The van der Waals surface area contributed by atoms with Crippen LogP contribution in [0.5, 0.6) is 0 Å². The van der Waals surface area contributed by atoms with E-state index in [2.05, 4.69) is 29.4 Å². The van der Waals surface area contributed by atoms with E-state index in [-0.39, 0.29) is 18.4 Å². The van der Waals surface area contributed by atoms with Crippen molar-refractivity contribution in [3.63, 3.8) is 0 Å². The molecule has 3 heterocycles. The Labute approximate surface area is 188 Å². The van der Waals surface area contributed by atoms with Crippen LogP contribution in [0.15, 0.2) is 53.0 Å². The van der Waals surface area contributed by atoms with Gasteiger partial charge in [-0.2, -0.15) is 0 Å². The molecule has 0 bridgehead atoms. The van der Waals surface area contributed by atoms with Crippen molar-refractivity contribution < 1.29 is 19.1 Å². The van der Waals surface area contributed by atoms with Crippen LogP contribution >= 0.6 is 0 Å². The lowest BCUT2D eigenvalue weighted by molar-refractivity contribution is -0.125. The molecule has 7 nitrogen and oxygen atoms in total. The van der Waals surface area contributed by atoms with Crippen LogP contribution in [0.25, 0.3) is 6.08 Å². The molecule has 0 aromatic carbocycles. The van der Waals surface area contributed by atoms with Crippen molar-refractivity contribution in [1.82, 2.24) is 9.88 Å². The number of rotatable bonds is 4. The Morgan fingerprint density at radius 2 is 2.12 bits per heavy atom. The molecule has 0 radical (unpaired) electrons. The number of ether oxygens (including phenoxy) is 2. The van der Waals surface area contributed by atoms with Gasteiger partial charge in [-0.15, -0.1) is 0 Å². The van der Waals surface area contributed by atoms with E-state index in [9.17, 15) is 9.59 Å². The van der Waals surface area contributed by atoms with Crippen LogP contribution in [0.3, 0.4) is 0 Å². The molecule has 0 saturated heterocycles. The lowest BCUT2D eigenvalue weighted by Gasteiger charge is -2.21. The average Bonchev–Trinajstić information content (AvgIpc) is 3.15. The number of fused-ring (bicyclic) bond motifs is 1. The van der Waals surface area contributed by atoms with Gasteiger partial charge in [0, 0.05) is 42.9 Å². The lowest BCUT2D eigenvalue weighted by Crippen LogP contribution is -2.30. The Kier molecular flexibility index (Phi) is 6.85. The zero-order valence-corrected chi connectivity index (χ0v) is 18.6. The first-order chi connectivity index (χ1) is 15.5. The molecule has 1 aromatic rings. The van der Waals surface area contributed by atoms with Gasteiger partial charge in [-0.1, -0.05) is 17.7 Å². The summed E-state index contributed by atoms with van der Waals surface area (Å²) in [5.74, 6) is 1.32. The van der Waals surface area contributed by atoms with Crippen molar-refractivity contribution in [2.45, 2.75) is 39.2 Å². The van der Waals surface area contributed by atoms with Crippen LogP contribution in [0.1, 0.15) is 43.7 Å². The molecule has 0 unspecified atom stereocenters. The Hall–Kier alpha value is -3.19. The van der Waals surface area contributed by atoms with Crippen LogP contribution in [-0.4, -0.2) is 48.5 Å². The number of allylic oxidation sites excluding steroid dienone is 4. The summed E-state index contributed by atoms with van der Waals surface area (Å²) in [5.41, 5.74) is 5.40. The van der Waals surface area contributed by atoms with E-state index in [0.29, 0.717) is 25.5 Å². The maximum atomic E-state index is 12.8. The number of anilines is 1.